The number of fused-ring (bicyclic) bond motifs is 5. The highest BCUT2D eigenvalue weighted by molar-refractivity contribution is 5.96. The molecular formula is C21H32O2. The van der Waals surface area contributed by atoms with Crippen molar-refractivity contribution in [3.8, 4) is 0 Å². The van der Waals surface area contributed by atoms with Crippen LogP contribution in [0.2, 0.25) is 0 Å². The first kappa shape index (κ1) is 15.9. The lowest BCUT2D eigenvalue weighted by Gasteiger charge is -2.59. The van der Waals surface area contributed by atoms with E-state index >= 15 is 0 Å². The van der Waals surface area contributed by atoms with Crippen LogP contribution in [0.4, 0.5) is 0 Å². The van der Waals surface area contributed by atoms with E-state index in [-0.39, 0.29) is 10.8 Å². The molecule has 0 radical (unpaired) electrons. The van der Waals surface area contributed by atoms with E-state index in [1.807, 2.05) is 6.92 Å². The molecule has 4 aliphatic carbocycles. The molecule has 0 spiro atoms. The lowest BCUT2D eigenvalue weighted by Crippen LogP contribution is -2.55. The van der Waals surface area contributed by atoms with Crippen LogP contribution >= 0.6 is 0 Å². The first-order valence-electron chi connectivity index (χ1n) is 9.64. The Balaban J connectivity index is 1.71. The van der Waals surface area contributed by atoms with E-state index in [1.54, 1.807) is 0 Å². The maximum absolute atomic E-state index is 12.2. The molecule has 3 saturated carbocycles. The van der Waals surface area contributed by atoms with Crippen LogP contribution in [0.1, 0.15) is 72.6 Å². The molecule has 0 aromatic heterocycles. The van der Waals surface area contributed by atoms with Crippen molar-refractivity contribution < 1.29 is 9.90 Å². The fourth-order valence-corrected chi connectivity index (χ4v) is 7.19. The molecule has 0 bridgehead atoms. The fourth-order valence-electron chi connectivity index (χ4n) is 7.19. The third-order valence-electron chi connectivity index (χ3n) is 8.93. The van der Waals surface area contributed by atoms with Crippen LogP contribution in [-0.4, -0.2) is 16.5 Å². The average molecular weight is 316 g/mol. The number of allylic oxidation sites excluding steroid dienone is 2. The van der Waals surface area contributed by atoms with Gasteiger partial charge in [-0.2, -0.15) is 0 Å². The largest absolute Gasteiger partial charge is 0.390 e. The normalized spacial score (nSPS) is 55.7. The highest BCUT2D eigenvalue weighted by atomic mass is 16.3. The minimum Gasteiger partial charge on any atom is -0.390 e. The third-order valence-corrected chi connectivity index (χ3v) is 8.93. The number of hydrogen-bond acceptors (Lipinski definition) is 2. The molecule has 1 unspecified atom stereocenters. The number of aliphatic hydroxyl groups is 1. The first-order chi connectivity index (χ1) is 10.7. The summed E-state index contributed by atoms with van der Waals surface area (Å²) in [5.74, 6) is 3.03. The smallest absolute Gasteiger partial charge is 0.158 e. The molecule has 2 heteroatoms. The van der Waals surface area contributed by atoms with Gasteiger partial charge in [0.05, 0.1) is 5.60 Å². The molecule has 2 nitrogen and oxygen atoms in total. The fraction of sp³-hybridized carbons (Fsp3) is 0.857. The van der Waals surface area contributed by atoms with Gasteiger partial charge in [-0.1, -0.05) is 19.9 Å². The maximum Gasteiger partial charge on any atom is 0.158 e. The Labute approximate surface area is 140 Å². The zero-order valence-electron chi connectivity index (χ0n) is 15.2. The van der Waals surface area contributed by atoms with Crippen molar-refractivity contribution >= 4 is 5.78 Å². The summed E-state index contributed by atoms with van der Waals surface area (Å²) < 4.78 is 0. The van der Waals surface area contributed by atoms with Gasteiger partial charge in [0.2, 0.25) is 0 Å². The molecule has 4 rings (SSSR count). The summed E-state index contributed by atoms with van der Waals surface area (Å²) in [6.45, 7) is 8.87. The van der Waals surface area contributed by atoms with Crippen molar-refractivity contribution in [2.45, 2.75) is 78.2 Å². The van der Waals surface area contributed by atoms with Crippen molar-refractivity contribution in [2.75, 3.05) is 0 Å². The molecule has 128 valence electrons. The van der Waals surface area contributed by atoms with Crippen LogP contribution in [0.25, 0.3) is 0 Å². The average Bonchev–Trinajstić information content (AvgIpc) is 2.71. The molecule has 0 aromatic rings. The van der Waals surface area contributed by atoms with Crippen LogP contribution in [0.15, 0.2) is 11.6 Å². The Morgan fingerprint density at radius 3 is 2.48 bits per heavy atom. The van der Waals surface area contributed by atoms with Crippen molar-refractivity contribution in [3.63, 3.8) is 0 Å². The van der Waals surface area contributed by atoms with E-state index in [0.29, 0.717) is 23.5 Å². The van der Waals surface area contributed by atoms with Gasteiger partial charge in [0.1, 0.15) is 0 Å². The molecule has 4 aliphatic rings. The van der Waals surface area contributed by atoms with Gasteiger partial charge in [0.15, 0.2) is 5.78 Å². The lowest BCUT2D eigenvalue weighted by atomic mass is 9.45. The Morgan fingerprint density at radius 1 is 1.04 bits per heavy atom. The molecule has 0 heterocycles. The number of rotatable bonds is 0. The highest BCUT2D eigenvalue weighted by Crippen LogP contribution is 2.67. The van der Waals surface area contributed by atoms with Gasteiger partial charge in [-0.3, -0.25) is 4.79 Å². The second-order valence-corrected chi connectivity index (χ2v) is 9.74. The van der Waals surface area contributed by atoms with Gasteiger partial charge in [0.25, 0.3) is 0 Å². The van der Waals surface area contributed by atoms with Crippen molar-refractivity contribution in [3.05, 3.63) is 11.6 Å². The Hall–Kier alpha value is -0.630. The van der Waals surface area contributed by atoms with Gasteiger partial charge in [-0.15, -0.1) is 0 Å². The summed E-state index contributed by atoms with van der Waals surface area (Å²) in [4.78, 5) is 12.2. The molecular weight excluding hydrogens is 284 g/mol. The summed E-state index contributed by atoms with van der Waals surface area (Å²) in [5.41, 5.74) is 0.808. The molecule has 0 aliphatic heterocycles. The van der Waals surface area contributed by atoms with Gasteiger partial charge in [-0.05, 0) is 92.4 Å². The van der Waals surface area contributed by atoms with E-state index < -0.39 is 5.60 Å². The highest BCUT2D eigenvalue weighted by Gasteiger charge is 2.62. The zero-order chi connectivity index (χ0) is 16.6. The monoisotopic (exact) mass is 316 g/mol. The molecule has 0 saturated heterocycles. The minimum atomic E-state index is -0.491. The van der Waals surface area contributed by atoms with Gasteiger partial charge in [0, 0.05) is 6.42 Å². The third kappa shape index (κ3) is 1.94. The first-order valence-corrected chi connectivity index (χ1v) is 9.64. The summed E-state index contributed by atoms with van der Waals surface area (Å²) in [6.07, 6.45) is 10.1. The number of Topliss-reactive ketones (excluding diaryl/α,β-unsaturated/α-hetero) is 1. The minimum absolute atomic E-state index is 0.0978. The second-order valence-electron chi connectivity index (χ2n) is 9.74. The predicted octanol–water partition coefficient (Wildman–Crippen LogP) is 4.52. The topological polar surface area (TPSA) is 37.3 Å². The molecule has 23 heavy (non-hydrogen) atoms. The summed E-state index contributed by atoms with van der Waals surface area (Å²) >= 11 is 0. The number of ketones is 1. The van der Waals surface area contributed by atoms with E-state index in [0.717, 1.165) is 30.8 Å². The Bertz CT molecular complexity index is 574. The van der Waals surface area contributed by atoms with Crippen molar-refractivity contribution in [2.24, 2.45) is 34.5 Å². The van der Waals surface area contributed by atoms with E-state index in [1.165, 1.54) is 25.7 Å². The van der Waals surface area contributed by atoms with Crippen LogP contribution in [0.3, 0.4) is 0 Å². The van der Waals surface area contributed by atoms with Crippen molar-refractivity contribution in [1.82, 2.24) is 0 Å². The van der Waals surface area contributed by atoms with Crippen LogP contribution in [0.5, 0.6) is 0 Å². The van der Waals surface area contributed by atoms with Crippen molar-refractivity contribution in [1.29, 1.82) is 0 Å². The number of carbonyl (C=O) groups is 1. The molecule has 0 aromatic carbocycles. The molecule has 1 N–H and O–H groups in total. The Kier molecular flexibility index (Phi) is 3.25. The molecule has 3 fully saturated rings. The SMILES string of the molecule is CC1=C[C@@]2(C)[C@H](CC[C@@H]3[C@H]2CC[C@@]2(C)[C@@H]3CCC2(C)O)CC1=O. The Morgan fingerprint density at radius 2 is 1.74 bits per heavy atom. The molecule has 7 atom stereocenters. The second kappa shape index (κ2) is 4.71. The maximum atomic E-state index is 12.2. The van der Waals surface area contributed by atoms with Gasteiger partial charge < -0.3 is 5.11 Å². The van der Waals surface area contributed by atoms with Crippen LogP contribution < -0.4 is 0 Å². The molecule has 0 amide bonds. The lowest BCUT2D eigenvalue weighted by molar-refractivity contribution is -0.135. The summed E-state index contributed by atoms with van der Waals surface area (Å²) in [7, 11) is 0. The number of carbonyl (C=O) groups excluding carboxylic acids is 1. The number of hydrogen-bond donors (Lipinski definition) is 1. The van der Waals surface area contributed by atoms with E-state index in [2.05, 4.69) is 26.8 Å². The van der Waals surface area contributed by atoms with E-state index in [4.69, 9.17) is 0 Å². The van der Waals surface area contributed by atoms with Crippen LogP contribution in [0, 0.1) is 34.5 Å². The summed E-state index contributed by atoms with van der Waals surface area (Å²) in [5, 5.41) is 11.0. The standard InChI is InChI=1S/C21H32O2/c1-13-12-19(2)14(11-18(13)22)5-6-15-16(19)7-9-20(3)17(15)8-10-21(20,4)23/h12,14-17,23H,5-11H2,1-4H3/t14-,15-,16-,17-,19+,20+,21?/m1/s1. The summed E-state index contributed by atoms with van der Waals surface area (Å²) in [6, 6.07) is 0. The predicted molar refractivity (Wildman–Crippen MR) is 91.9 cm³/mol. The van der Waals surface area contributed by atoms with Crippen LogP contribution in [-0.2, 0) is 4.79 Å². The zero-order valence-corrected chi connectivity index (χ0v) is 15.2. The van der Waals surface area contributed by atoms with Gasteiger partial charge >= 0.3 is 0 Å². The van der Waals surface area contributed by atoms with Gasteiger partial charge in [-0.25, -0.2) is 0 Å². The quantitative estimate of drug-likeness (QED) is 0.713. The van der Waals surface area contributed by atoms with E-state index in [9.17, 15) is 9.90 Å².